The Morgan fingerprint density at radius 1 is 0.250 bits per heavy atom. The van der Waals surface area contributed by atoms with Gasteiger partial charge in [-0.05, 0) is 191 Å². The molecule has 0 fully saturated rings. The molecule has 0 spiro atoms. The summed E-state index contributed by atoms with van der Waals surface area (Å²) in [5.41, 5.74) is 2.59. The lowest BCUT2D eigenvalue weighted by atomic mass is 10.1. The third-order valence-corrected chi connectivity index (χ3v) is 17.8. The van der Waals surface area contributed by atoms with Crippen LogP contribution in [0.2, 0.25) is 0 Å². The van der Waals surface area contributed by atoms with E-state index in [9.17, 15) is 24.0 Å². The Kier molecular flexibility index (Phi) is 33.6. The van der Waals surface area contributed by atoms with Crippen LogP contribution in [0.15, 0.2) is 237 Å². The molecule has 636 valence electrons. The number of rotatable bonds is 39. The van der Waals surface area contributed by atoms with Crippen LogP contribution in [0.4, 0.5) is 19.2 Å². The standard InChI is InChI=1S/C96H114N6O18/c1-93(2,3)117-89(106)99-76(46-67-36-24-16-25-37-67)61-113-80-50-71(51-81(56-80)114-62-77(47-68-38-26-17-27-39-68)100-90(107)118-94(4,5)6)86(103)97-74(44-65-32-20-14-21-33-65)59-111-84-54-73(88(105)110-13)55-85(58-84)112-60-75(45-66-34-22-15-23-35-66)98-87(104)72-52-82(115-63-78(48-69-40-28-18-29-41-69)101-91(108)119-95(7,8)9)57-83(53-72)116-64-79(49-70-42-30-19-31-43-70)102-92(109)120-96(10,11)12/h14-43,50-58,74-79H,44-49,59-64H2,1-13H3,(H,97,103)(H,98,104)(H,99,106)(H,100,107)(H,101,108)(H,102,109)/t74-,75-,76-,77-,78-,79-/m0/s1. The van der Waals surface area contributed by atoms with Gasteiger partial charge in [-0.25, -0.2) is 24.0 Å². The third kappa shape index (κ3) is 34.1. The van der Waals surface area contributed by atoms with E-state index >= 15 is 9.59 Å². The third-order valence-electron chi connectivity index (χ3n) is 17.8. The quantitative estimate of drug-likeness (QED) is 0.0154. The molecule has 0 unspecified atom stereocenters. The number of carbonyl (C=O) groups is 7. The Morgan fingerprint density at radius 3 is 0.600 bits per heavy atom. The van der Waals surface area contributed by atoms with Crippen molar-refractivity contribution < 1.29 is 85.7 Å². The number of carbonyl (C=O) groups excluding carboxylic acids is 7. The topological polar surface area (TPSA) is 293 Å². The first-order valence-corrected chi connectivity index (χ1v) is 40.3. The first-order chi connectivity index (χ1) is 57.1. The van der Waals surface area contributed by atoms with Gasteiger partial charge in [0.25, 0.3) is 11.8 Å². The van der Waals surface area contributed by atoms with Crippen LogP contribution in [-0.2, 0) is 62.2 Å². The molecule has 6 atom stereocenters. The molecular weight excluding hydrogens is 1530 g/mol. The maximum absolute atomic E-state index is 15.2. The van der Waals surface area contributed by atoms with Gasteiger partial charge in [0.2, 0.25) is 0 Å². The summed E-state index contributed by atoms with van der Waals surface area (Å²) in [4.78, 5) is 97.5. The van der Waals surface area contributed by atoms with Gasteiger partial charge in [0.1, 0.15) is 96.5 Å². The van der Waals surface area contributed by atoms with E-state index < -0.39 is 101 Å². The van der Waals surface area contributed by atoms with Crippen LogP contribution in [0, 0.1) is 0 Å². The van der Waals surface area contributed by atoms with Crippen molar-refractivity contribution in [3.63, 3.8) is 0 Å². The van der Waals surface area contributed by atoms with Gasteiger partial charge in [-0.3, -0.25) is 9.59 Å². The second-order valence-electron chi connectivity index (χ2n) is 33.3. The predicted molar refractivity (Wildman–Crippen MR) is 460 cm³/mol. The van der Waals surface area contributed by atoms with Crippen molar-refractivity contribution in [1.82, 2.24) is 31.9 Å². The summed E-state index contributed by atoms with van der Waals surface area (Å²) >= 11 is 0. The van der Waals surface area contributed by atoms with Gasteiger partial charge in [0, 0.05) is 29.3 Å². The molecule has 9 rings (SSSR count). The number of hydrogen-bond donors (Lipinski definition) is 6. The second kappa shape index (κ2) is 44.2. The molecule has 120 heavy (non-hydrogen) atoms. The zero-order valence-corrected chi connectivity index (χ0v) is 70.8. The van der Waals surface area contributed by atoms with E-state index in [-0.39, 0.29) is 104 Å². The molecule has 0 saturated carbocycles. The number of hydrogen-bond acceptors (Lipinski definition) is 18. The molecule has 6 N–H and O–H groups in total. The summed E-state index contributed by atoms with van der Waals surface area (Å²) in [5, 5.41) is 18.2. The van der Waals surface area contributed by atoms with E-state index in [0.717, 1.165) is 33.4 Å². The zero-order valence-electron chi connectivity index (χ0n) is 70.8. The highest BCUT2D eigenvalue weighted by molar-refractivity contribution is 5.96. The van der Waals surface area contributed by atoms with Crippen molar-refractivity contribution in [3.8, 4) is 34.5 Å². The van der Waals surface area contributed by atoms with Crippen LogP contribution in [0.3, 0.4) is 0 Å². The summed E-state index contributed by atoms with van der Waals surface area (Å²) in [6.07, 6.45) is -0.553. The minimum absolute atomic E-state index is 0.0619. The Balaban J connectivity index is 0.996. The number of amides is 6. The lowest BCUT2D eigenvalue weighted by Gasteiger charge is -2.25. The number of methoxy groups -OCH3 is 1. The molecular formula is C96H114N6O18. The number of nitrogens with one attached hydrogen (secondary N) is 6. The Labute approximate surface area is 704 Å². The summed E-state index contributed by atoms with van der Waals surface area (Å²) in [6, 6.07) is 67.6. The van der Waals surface area contributed by atoms with Gasteiger partial charge in [-0.15, -0.1) is 0 Å². The van der Waals surface area contributed by atoms with Crippen molar-refractivity contribution in [3.05, 3.63) is 287 Å². The fourth-order valence-electron chi connectivity index (χ4n) is 12.6. The average molecular weight is 1640 g/mol. The minimum Gasteiger partial charge on any atom is -0.491 e. The lowest BCUT2D eigenvalue weighted by molar-refractivity contribution is 0.0475. The Morgan fingerprint density at radius 2 is 0.425 bits per heavy atom. The second-order valence-corrected chi connectivity index (χ2v) is 33.3. The van der Waals surface area contributed by atoms with Crippen LogP contribution >= 0.6 is 0 Å². The van der Waals surface area contributed by atoms with Gasteiger partial charge < -0.3 is 84.0 Å². The predicted octanol–water partition coefficient (Wildman–Crippen LogP) is 16.4. The molecule has 0 aliphatic rings. The highest BCUT2D eigenvalue weighted by Crippen LogP contribution is 2.30. The van der Waals surface area contributed by atoms with E-state index in [2.05, 4.69) is 31.9 Å². The molecule has 9 aromatic carbocycles. The van der Waals surface area contributed by atoms with E-state index in [1.54, 1.807) is 126 Å². The van der Waals surface area contributed by atoms with Gasteiger partial charge in [-0.2, -0.15) is 0 Å². The first-order valence-electron chi connectivity index (χ1n) is 40.3. The molecule has 24 nitrogen and oxygen atoms in total. The highest BCUT2D eigenvalue weighted by atomic mass is 16.6. The molecule has 9 aromatic rings. The van der Waals surface area contributed by atoms with Crippen LogP contribution in [0.1, 0.15) is 148 Å². The molecule has 0 radical (unpaired) electrons. The Bertz CT molecular complexity index is 4260. The van der Waals surface area contributed by atoms with Crippen LogP contribution in [0.5, 0.6) is 34.5 Å². The highest BCUT2D eigenvalue weighted by Gasteiger charge is 2.29. The largest absolute Gasteiger partial charge is 0.491 e. The van der Waals surface area contributed by atoms with E-state index in [1.165, 1.54) is 19.2 Å². The summed E-state index contributed by atoms with van der Waals surface area (Å²) in [7, 11) is 1.25. The van der Waals surface area contributed by atoms with Gasteiger partial charge in [0.05, 0.1) is 48.9 Å². The number of esters is 1. The lowest BCUT2D eigenvalue weighted by Crippen LogP contribution is -2.43. The normalized spacial score (nSPS) is 13.0. The van der Waals surface area contributed by atoms with Crippen LogP contribution in [0.25, 0.3) is 0 Å². The molecule has 0 bridgehead atoms. The fourth-order valence-corrected chi connectivity index (χ4v) is 12.6. The molecule has 0 aliphatic heterocycles. The first kappa shape index (κ1) is 91.2. The molecule has 24 heteroatoms. The SMILES string of the molecule is COC(=O)c1cc(OC[C@H](Cc2ccccc2)NC(=O)c2cc(OC[C@H](Cc3ccccc3)NC(=O)OC(C)(C)C)cc(OC[C@H](Cc3ccccc3)NC(=O)OC(C)(C)C)c2)cc(OC[C@H](Cc2ccccc2)NC(=O)c2cc(OC[C@H](Cc3ccccc3)NC(=O)OC(C)(C)C)cc(OC[C@H](Cc3ccccc3)NC(=O)OC(C)(C)C)c2)c1. The van der Waals surface area contributed by atoms with Gasteiger partial charge in [-0.1, -0.05) is 182 Å². The number of ether oxygens (including phenoxy) is 11. The van der Waals surface area contributed by atoms with E-state index in [4.69, 9.17) is 52.1 Å². The summed E-state index contributed by atoms with van der Waals surface area (Å²) in [5.74, 6) is -0.552. The summed E-state index contributed by atoms with van der Waals surface area (Å²) < 4.78 is 67.3. The molecule has 0 heterocycles. The smallest absolute Gasteiger partial charge is 0.408 e. The average Bonchev–Trinajstić information content (AvgIpc) is 0.841. The number of benzene rings is 9. The molecule has 6 amide bonds. The summed E-state index contributed by atoms with van der Waals surface area (Å²) in [6.45, 7) is 20.8. The maximum atomic E-state index is 15.2. The van der Waals surface area contributed by atoms with Crippen molar-refractivity contribution in [2.24, 2.45) is 0 Å². The van der Waals surface area contributed by atoms with Crippen LogP contribution in [-0.4, -0.2) is 148 Å². The van der Waals surface area contributed by atoms with E-state index in [1.807, 2.05) is 182 Å². The molecule has 0 saturated heterocycles. The van der Waals surface area contributed by atoms with Crippen molar-refractivity contribution >= 4 is 42.2 Å². The molecule has 0 aliphatic carbocycles. The van der Waals surface area contributed by atoms with E-state index in [0.29, 0.717) is 25.7 Å². The van der Waals surface area contributed by atoms with Gasteiger partial charge in [0.15, 0.2) is 0 Å². The number of alkyl carbamates (subject to hydrolysis) is 4. The zero-order chi connectivity index (χ0) is 86.2. The minimum atomic E-state index is -0.790. The Hall–Kier alpha value is -12.7. The van der Waals surface area contributed by atoms with Crippen molar-refractivity contribution in [2.75, 3.05) is 46.8 Å². The van der Waals surface area contributed by atoms with Crippen LogP contribution < -0.4 is 60.3 Å². The monoisotopic (exact) mass is 1640 g/mol. The fraction of sp³-hybridized carbons (Fsp3) is 0.365. The van der Waals surface area contributed by atoms with Crippen molar-refractivity contribution in [1.29, 1.82) is 0 Å². The molecule has 0 aromatic heterocycles. The van der Waals surface area contributed by atoms with Gasteiger partial charge >= 0.3 is 30.3 Å². The maximum Gasteiger partial charge on any atom is 0.408 e. The van der Waals surface area contributed by atoms with Crippen molar-refractivity contribution in [2.45, 2.75) is 180 Å².